The summed E-state index contributed by atoms with van der Waals surface area (Å²) in [5.41, 5.74) is 2.09. The van der Waals surface area contributed by atoms with Gasteiger partial charge in [-0.15, -0.1) is 4.83 Å². The van der Waals surface area contributed by atoms with Crippen molar-refractivity contribution in [3.05, 3.63) is 46.7 Å². The number of hydrogen-bond acceptors (Lipinski definition) is 6. The van der Waals surface area contributed by atoms with Crippen LogP contribution in [0.3, 0.4) is 0 Å². The van der Waals surface area contributed by atoms with Crippen LogP contribution in [0.5, 0.6) is 17.2 Å². The number of amides is 1. The molecule has 2 aromatic carbocycles. The van der Waals surface area contributed by atoms with Gasteiger partial charge in [0, 0.05) is 5.56 Å². The molecule has 2 N–H and O–H groups in total. The summed E-state index contributed by atoms with van der Waals surface area (Å²) in [5, 5.41) is -0.367. The van der Waals surface area contributed by atoms with Gasteiger partial charge >= 0.3 is 0 Å². The van der Waals surface area contributed by atoms with Crippen LogP contribution < -0.4 is 24.5 Å². The van der Waals surface area contributed by atoms with E-state index in [1.165, 1.54) is 33.5 Å². The number of ether oxygens (including phenoxy) is 3. The molecule has 0 aliphatic carbocycles. The van der Waals surface area contributed by atoms with Crippen LogP contribution in [0, 0.1) is 5.82 Å². The first-order chi connectivity index (χ1) is 12.7. The number of hydrazine groups is 1. The molecule has 1 amide bonds. The second kappa shape index (κ2) is 8.42. The van der Waals surface area contributed by atoms with E-state index in [-0.39, 0.29) is 32.7 Å². The number of methoxy groups -OCH3 is 3. The Balaban J connectivity index is 2.23. The van der Waals surface area contributed by atoms with Crippen molar-refractivity contribution in [2.75, 3.05) is 21.3 Å². The topological polar surface area (TPSA) is 103 Å². The van der Waals surface area contributed by atoms with Crippen molar-refractivity contribution >= 4 is 27.5 Å². The molecule has 0 aromatic heterocycles. The quantitative estimate of drug-likeness (QED) is 0.668. The molecule has 0 radical (unpaired) electrons. The van der Waals surface area contributed by atoms with Crippen LogP contribution in [0.25, 0.3) is 0 Å². The van der Waals surface area contributed by atoms with E-state index in [2.05, 4.69) is 0 Å². The lowest BCUT2D eigenvalue weighted by Gasteiger charge is -2.14. The Bertz CT molecular complexity index is 942. The Morgan fingerprint density at radius 2 is 1.63 bits per heavy atom. The molecule has 146 valence electrons. The van der Waals surface area contributed by atoms with Gasteiger partial charge < -0.3 is 14.2 Å². The fraction of sp³-hybridized carbons (Fsp3) is 0.188. The van der Waals surface area contributed by atoms with Crippen molar-refractivity contribution in [2.45, 2.75) is 4.90 Å². The minimum atomic E-state index is -4.17. The van der Waals surface area contributed by atoms with Gasteiger partial charge in [-0.25, -0.2) is 12.8 Å². The second-order valence-electron chi connectivity index (χ2n) is 5.05. The first kappa shape index (κ1) is 20.7. The summed E-state index contributed by atoms with van der Waals surface area (Å²) >= 11 is 5.58. The highest BCUT2D eigenvalue weighted by molar-refractivity contribution is 7.89. The summed E-state index contributed by atoms with van der Waals surface area (Å²) in [7, 11) is -0.0123. The van der Waals surface area contributed by atoms with E-state index in [0.717, 1.165) is 18.2 Å². The van der Waals surface area contributed by atoms with E-state index in [0.29, 0.717) is 0 Å². The van der Waals surface area contributed by atoms with E-state index in [4.69, 9.17) is 25.8 Å². The van der Waals surface area contributed by atoms with Crippen molar-refractivity contribution in [3.63, 3.8) is 0 Å². The molecule has 0 fully saturated rings. The van der Waals surface area contributed by atoms with Crippen molar-refractivity contribution in [2.24, 2.45) is 0 Å². The molecule has 0 atom stereocenters. The van der Waals surface area contributed by atoms with E-state index in [1.54, 1.807) is 0 Å². The summed E-state index contributed by atoms with van der Waals surface area (Å²) in [6, 6.07) is 5.53. The molecule has 2 rings (SSSR count). The molecule has 0 saturated heterocycles. The van der Waals surface area contributed by atoms with Crippen molar-refractivity contribution < 1.29 is 31.8 Å². The molecule has 8 nitrogen and oxygen atoms in total. The molecule has 0 saturated carbocycles. The largest absolute Gasteiger partial charge is 0.493 e. The maximum atomic E-state index is 13.2. The molecule has 0 bridgehead atoms. The Labute approximate surface area is 160 Å². The molecule has 0 unspecified atom stereocenters. The number of carbonyl (C=O) groups is 1. The highest BCUT2D eigenvalue weighted by atomic mass is 35.5. The summed E-state index contributed by atoms with van der Waals surface area (Å²) in [6.45, 7) is 0. The average Bonchev–Trinajstić information content (AvgIpc) is 2.66. The van der Waals surface area contributed by atoms with Crippen molar-refractivity contribution in [3.8, 4) is 17.2 Å². The normalized spacial score (nSPS) is 11.0. The molecular formula is C16H16ClFN2O6S. The number of sulfonamides is 1. The van der Waals surface area contributed by atoms with Crippen LogP contribution in [0.4, 0.5) is 4.39 Å². The van der Waals surface area contributed by atoms with Crippen LogP contribution in [0.1, 0.15) is 10.4 Å². The van der Waals surface area contributed by atoms with E-state index < -0.39 is 21.7 Å². The fourth-order valence-corrected chi connectivity index (χ4v) is 3.21. The standard InChI is InChI=1S/C16H16ClFN2O6S/c1-24-13-6-9(7-14(25-2)15(13)26-3)16(21)19-20-27(22,23)10-4-5-12(18)11(17)8-10/h4-8,20H,1-3H3,(H,19,21). The molecule has 0 spiro atoms. The lowest BCUT2D eigenvalue weighted by atomic mass is 10.1. The summed E-state index contributed by atoms with van der Waals surface area (Å²) in [5.74, 6) is -0.841. The monoisotopic (exact) mass is 418 g/mol. The molecule has 0 aliphatic rings. The van der Waals surface area contributed by atoms with E-state index >= 15 is 0 Å². The van der Waals surface area contributed by atoms with Gasteiger partial charge in [-0.2, -0.15) is 0 Å². The number of nitrogens with one attached hydrogen (secondary N) is 2. The first-order valence-corrected chi connectivity index (χ1v) is 9.16. The van der Waals surface area contributed by atoms with Gasteiger partial charge in [0.05, 0.1) is 31.2 Å². The van der Waals surface area contributed by atoms with Gasteiger partial charge in [0.25, 0.3) is 15.9 Å². The Kier molecular flexibility index (Phi) is 6.47. The van der Waals surface area contributed by atoms with E-state index in [9.17, 15) is 17.6 Å². The van der Waals surface area contributed by atoms with Crippen LogP contribution >= 0.6 is 11.6 Å². The lowest BCUT2D eigenvalue weighted by molar-refractivity contribution is 0.0944. The maximum Gasteiger partial charge on any atom is 0.266 e. The van der Waals surface area contributed by atoms with E-state index in [1.807, 2.05) is 10.3 Å². The number of benzene rings is 2. The SMILES string of the molecule is COc1cc(C(=O)NNS(=O)(=O)c2ccc(F)c(Cl)c2)cc(OC)c1OC. The minimum Gasteiger partial charge on any atom is -0.493 e. The Morgan fingerprint density at radius 1 is 1.04 bits per heavy atom. The highest BCUT2D eigenvalue weighted by Crippen LogP contribution is 2.38. The number of hydrogen-bond donors (Lipinski definition) is 2. The molecule has 2 aromatic rings. The van der Waals surface area contributed by atoms with Gasteiger partial charge in [-0.05, 0) is 30.3 Å². The minimum absolute atomic E-state index is 0.0457. The van der Waals surface area contributed by atoms with Crippen molar-refractivity contribution in [1.82, 2.24) is 10.3 Å². The maximum absolute atomic E-state index is 13.2. The fourth-order valence-electron chi connectivity index (χ4n) is 2.10. The van der Waals surface area contributed by atoms with Gasteiger partial charge in [0.1, 0.15) is 5.82 Å². The van der Waals surface area contributed by atoms with Gasteiger partial charge in [0.15, 0.2) is 11.5 Å². The lowest BCUT2D eigenvalue weighted by Crippen LogP contribution is -2.41. The Hall–Kier alpha value is -2.56. The second-order valence-corrected chi connectivity index (χ2v) is 7.14. The van der Waals surface area contributed by atoms with Crippen LogP contribution in [-0.2, 0) is 10.0 Å². The zero-order valence-corrected chi connectivity index (χ0v) is 16.1. The zero-order valence-electron chi connectivity index (χ0n) is 14.5. The third-order valence-corrected chi connectivity index (χ3v) is 4.96. The van der Waals surface area contributed by atoms with Crippen LogP contribution in [0.2, 0.25) is 5.02 Å². The molecular weight excluding hydrogens is 403 g/mol. The van der Waals surface area contributed by atoms with Gasteiger partial charge in [-0.1, -0.05) is 11.6 Å². The summed E-state index contributed by atoms with van der Waals surface area (Å²) in [6.07, 6.45) is 0. The first-order valence-electron chi connectivity index (χ1n) is 7.30. The third-order valence-electron chi connectivity index (χ3n) is 3.43. The number of carbonyl (C=O) groups excluding carboxylic acids is 1. The smallest absolute Gasteiger partial charge is 0.266 e. The van der Waals surface area contributed by atoms with Gasteiger partial charge in [0.2, 0.25) is 5.75 Å². The number of rotatable bonds is 7. The Morgan fingerprint density at radius 3 is 2.11 bits per heavy atom. The molecule has 0 heterocycles. The van der Waals surface area contributed by atoms with Crippen molar-refractivity contribution in [1.29, 1.82) is 0 Å². The summed E-state index contributed by atoms with van der Waals surface area (Å²) < 4.78 is 53.0. The van der Waals surface area contributed by atoms with Crippen LogP contribution in [-0.4, -0.2) is 35.7 Å². The zero-order chi connectivity index (χ0) is 20.2. The highest BCUT2D eigenvalue weighted by Gasteiger charge is 2.20. The van der Waals surface area contributed by atoms with Gasteiger partial charge in [-0.3, -0.25) is 10.2 Å². The number of halogens is 2. The van der Waals surface area contributed by atoms with Crippen LogP contribution in [0.15, 0.2) is 35.2 Å². The molecule has 0 aliphatic heterocycles. The molecule has 11 heteroatoms. The predicted molar refractivity (Wildman–Crippen MR) is 95.3 cm³/mol. The predicted octanol–water partition coefficient (Wildman–Crippen LogP) is 2.13. The third kappa shape index (κ3) is 4.59. The average molecular weight is 419 g/mol. The summed E-state index contributed by atoms with van der Waals surface area (Å²) in [4.78, 5) is 13.9. The molecule has 27 heavy (non-hydrogen) atoms.